The molecule has 0 aliphatic rings. The molecule has 0 saturated heterocycles. The van der Waals surface area contributed by atoms with Gasteiger partial charge in [-0.15, -0.1) is 0 Å². The minimum Gasteiger partial charge on any atom is -0.483 e. The minimum absolute atomic E-state index is 0.186. The van der Waals surface area contributed by atoms with E-state index in [1.165, 1.54) is 0 Å². The fourth-order valence-electron chi connectivity index (χ4n) is 2.11. The second kappa shape index (κ2) is 8.41. The zero-order chi connectivity index (χ0) is 16.7. The van der Waals surface area contributed by atoms with Gasteiger partial charge in [0.2, 0.25) is 0 Å². The molecule has 0 bridgehead atoms. The van der Waals surface area contributed by atoms with Crippen LogP contribution in [0.15, 0.2) is 24.3 Å². The van der Waals surface area contributed by atoms with Gasteiger partial charge < -0.3 is 15.2 Å². The predicted octanol–water partition coefficient (Wildman–Crippen LogP) is 2.80. The lowest BCUT2D eigenvalue weighted by atomic mass is 9.98. The number of hydrogen-bond acceptors (Lipinski definition) is 3. The molecule has 0 aromatic heterocycles. The van der Waals surface area contributed by atoms with E-state index in [-0.39, 0.29) is 12.5 Å². The Morgan fingerprint density at radius 2 is 1.86 bits per heavy atom. The normalized spacial score (nSPS) is 13.5. The molecule has 5 heteroatoms. The van der Waals surface area contributed by atoms with Gasteiger partial charge in [0.05, 0.1) is 0 Å². The highest BCUT2D eigenvalue weighted by atomic mass is 16.5. The molecule has 1 rings (SSSR count). The summed E-state index contributed by atoms with van der Waals surface area (Å²) in [5, 5.41) is 11.6. The smallest absolute Gasteiger partial charge is 0.326 e. The van der Waals surface area contributed by atoms with Crippen LogP contribution in [0, 0.1) is 5.92 Å². The van der Waals surface area contributed by atoms with E-state index in [1.807, 2.05) is 24.3 Å². The lowest BCUT2D eigenvalue weighted by Crippen LogP contribution is -2.46. The summed E-state index contributed by atoms with van der Waals surface area (Å²) in [5.41, 5.74) is 1.05. The zero-order valence-electron chi connectivity index (χ0n) is 13.6. The Balaban J connectivity index is 2.67. The summed E-state index contributed by atoms with van der Waals surface area (Å²) < 4.78 is 5.58. The maximum Gasteiger partial charge on any atom is 0.326 e. The number of benzene rings is 1. The van der Waals surface area contributed by atoms with Crippen LogP contribution in [-0.4, -0.2) is 29.6 Å². The fraction of sp³-hybridized carbons (Fsp3) is 0.529. The van der Waals surface area contributed by atoms with Crippen LogP contribution in [0.25, 0.3) is 0 Å². The molecule has 0 radical (unpaired) electrons. The van der Waals surface area contributed by atoms with Crippen LogP contribution >= 0.6 is 0 Å². The van der Waals surface area contributed by atoms with Crippen molar-refractivity contribution >= 4 is 11.9 Å². The van der Waals surface area contributed by atoms with Crippen molar-refractivity contribution in [3.05, 3.63) is 29.8 Å². The zero-order valence-corrected chi connectivity index (χ0v) is 13.6. The molecule has 0 spiro atoms. The van der Waals surface area contributed by atoms with Gasteiger partial charge in [0.25, 0.3) is 5.91 Å². The maximum atomic E-state index is 11.9. The van der Waals surface area contributed by atoms with E-state index in [0.717, 1.165) is 12.0 Å². The second-order valence-electron chi connectivity index (χ2n) is 5.76. The topological polar surface area (TPSA) is 75.6 Å². The molecule has 1 amide bonds. The number of aliphatic carboxylic acids is 1. The highest BCUT2D eigenvalue weighted by Gasteiger charge is 2.23. The van der Waals surface area contributed by atoms with Crippen molar-refractivity contribution in [2.45, 2.75) is 46.1 Å². The number of hydrogen-bond donors (Lipinski definition) is 2. The van der Waals surface area contributed by atoms with Gasteiger partial charge in [0.1, 0.15) is 11.8 Å². The van der Waals surface area contributed by atoms with Crippen LogP contribution in [0.4, 0.5) is 0 Å². The Morgan fingerprint density at radius 1 is 1.23 bits per heavy atom. The molecule has 0 aliphatic heterocycles. The number of ether oxygens (including phenoxy) is 1. The van der Waals surface area contributed by atoms with Gasteiger partial charge in [-0.25, -0.2) is 4.79 Å². The van der Waals surface area contributed by atoms with Gasteiger partial charge in [-0.3, -0.25) is 4.79 Å². The maximum absolute atomic E-state index is 11.9. The van der Waals surface area contributed by atoms with E-state index in [0.29, 0.717) is 11.7 Å². The molecular weight excluding hydrogens is 282 g/mol. The number of amides is 1. The van der Waals surface area contributed by atoms with Crippen LogP contribution in [-0.2, 0) is 9.59 Å². The monoisotopic (exact) mass is 307 g/mol. The van der Waals surface area contributed by atoms with Crippen molar-refractivity contribution < 1.29 is 19.4 Å². The molecule has 1 aromatic rings. The standard InChI is InChI=1S/C17H25NO4/c1-5-12(4)13-8-6-7-9-14(13)22-10-15(19)18-16(11(2)3)17(20)21/h6-9,11-12,16H,5,10H2,1-4H3,(H,18,19)(H,20,21). The average Bonchev–Trinajstić information content (AvgIpc) is 2.49. The number of carboxylic acid groups (broad SMARTS) is 1. The molecule has 22 heavy (non-hydrogen) atoms. The van der Waals surface area contributed by atoms with Gasteiger partial charge in [-0.2, -0.15) is 0 Å². The Bertz CT molecular complexity index is 513. The number of carboxylic acids is 1. The van der Waals surface area contributed by atoms with Crippen LogP contribution in [0.5, 0.6) is 5.75 Å². The summed E-state index contributed by atoms with van der Waals surface area (Å²) in [6, 6.07) is 6.70. The fourth-order valence-corrected chi connectivity index (χ4v) is 2.11. The summed E-state index contributed by atoms with van der Waals surface area (Å²) in [5.74, 6) is -0.651. The molecule has 0 aliphatic carbocycles. The van der Waals surface area contributed by atoms with Crippen LogP contribution in [0.3, 0.4) is 0 Å². The Morgan fingerprint density at radius 3 is 2.41 bits per heavy atom. The first-order chi connectivity index (χ1) is 10.4. The van der Waals surface area contributed by atoms with E-state index in [4.69, 9.17) is 9.84 Å². The molecule has 0 heterocycles. The van der Waals surface area contributed by atoms with Crippen molar-refractivity contribution in [1.82, 2.24) is 5.32 Å². The van der Waals surface area contributed by atoms with E-state index >= 15 is 0 Å². The number of nitrogens with one attached hydrogen (secondary N) is 1. The Kier molecular flexibility index (Phi) is 6.89. The number of para-hydroxylation sites is 1. The average molecular weight is 307 g/mol. The van der Waals surface area contributed by atoms with Gasteiger partial charge in [-0.1, -0.05) is 45.9 Å². The second-order valence-corrected chi connectivity index (χ2v) is 5.76. The van der Waals surface area contributed by atoms with Crippen molar-refractivity contribution in [3.63, 3.8) is 0 Å². The predicted molar refractivity (Wildman–Crippen MR) is 85.0 cm³/mol. The largest absolute Gasteiger partial charge is 0.483 e. The number of rotatable bonds is 8. The van der Waals surface area contributed by atoms with Gasteiger partial charge in [0, 0.05) is 0 Å². The molecule has 122 valence electrons. The molecule has 2 atom stereocenters. The Labute approximate surface area is 131 Å². The van der Waals surface area contributed by atoms with Crippen LogP contribution in [0.2, 0.25) is 0 Å². The third-order valence-electron chi connectivity index (χ3n) is 3.67. The lowest BCUT2D eigenvalue weighted by Gasteiger charge is -2.19. The Hall–Kier alpha value is -2.04. The summed E-state index contributed by atoms with van der Waals surface area (Å²) >= 11 is 0. The lowest BCUT2D eigenvalue weighted by molar-refractivity contribution is -0.143. The summed E-state index contributed by atoms with van der Waals surface area (Å²) in [6.45, 7) is 7.50. The molecule has 5 nitrogen and oxygen atoms in total. The highest BCUT2D eigenvalue weighted by molar-refractivity contribution is 5.84. The van der Waals surface area contributed by atoms with Crippen LogP contribution < -0.4 is 10.1 Å². The quantitative estimate of drug-likeness (QED) is 0.774. The van der Waals surface area contributed by atoms with E-state index in [1.54, 1.807) is 13.8 Å². The first-order valence-electron chi connectivity index (χ1n) is 7.60. The first kappa shape index (κ1) is 18.0. The summed E-state index contributed by atoms with van der Waals surface area (Å²) in [4.78, 5) is 23.0. The van der Waals surface area contributed by atoms with Crippen molar-refractivity contribution in [3.8, 4) is 5.75 Å². The van der Waals surface area contributed by atoms with E-state index in [9.17, 15) is 9.59 Å². The van der Waals surface area contributed by atoms with Gasteiger partial charge >= 0.3 is 5.97 Å². The van der Waals surface area contributed by atoms with E-state index in [2.05, 4.69) is 19.2 Å². The minimum atomic E-state index is -1.04. The first-order valence-corrected chi connectivity index (χ1v) is 7.60. The SMILES string of the molecule is CCC(C)c1ccccc1OCC(=O)NC(C(=O)O)C(C)C. The third kappa shape index (κ3) is 5.06. The molecule has 1 aromatic carbocycles. The molecule has 2 N–H and O–H groups in total. The van der Waals surface area contributed by atoms with Crippen molar-refractivity contribution in [2.75, 3.05) is 6.61 Å². The number of carbonyl (C=O) groups is 2. The van der Waals surface area contributed by atoms with Crippen LogP contribution in [0.1, 0.15) is 45.6 Å². The molecule has 2 unspecified atom stereocenters. The molecular formula is C17H25NO4. The highest BCUT2D eigenvalue weighted by Crippen LogP contribution is 2.28. The third-order valence-corrected chi connectivity index (χ3v) is 3.67. The van der Waals surface area contributed by atoms with E-state index < -0.39 is 17.9 Å². The summed E-state index contributed by atoms with van der Waals surface area (Å²) in [6.07, 6.45) is 0.973. The van der Waals surface area contributed by atoms with Crippen molar-refractivity contribution in [2.24, 2.45) is 5.92 Å². The summed E-state index contributed by atoms with van der Waals surface area (Å²) in [7, 11) is 0. The van der Waals surface area contributed by atoms with Gasteiger partial charge in [0.15, 0.2) is 6.61 Å². The molecule has 0 fully saturated rings. The van der Waals surface area contributed by atoms with Crippen molar-refractivity contribution in [1.29, 1.82) is 0 Å². The number of carbonyl (C=O) groups excluding carboxylic acids is 1. The van der Waals surface area contributed by atoms with Gasteiger partial charge in [-0.05, 0) is 29.9 Å². The molecule has 0 saturated carbocycles.